The Kier molecular flexibility index (Phi) is 3.27. The lowest BCUT2D eigenvalue weighted by Gasteiger charge is -2.23. The van der Waals surface area contributed by atoms with Crippen LogP contribution in [-0.4, -0.2) is 25.8 Å². The molecule has 0 radical (unpaired) electrons. The molecule has 0 unspecified atom stereocenters. The first-order valence-electron chi connectivity index (χ1n) is 7.40. The van der Waals surface area contributed by atoms with Gasteiger partial charge in [-0.05, 0) is 25.5 Å². The van der Waals surface area contributed by atoms with Gasteiger partial charge in [-0.1, -0.05) is 0 Å². The summed E-state index contributed by atoms with van der Waals surface area (Å²) in [5, 5.41) is 7.76. The maximum absolute atomic E-state index is 5.67. The molecule has 1 aliphatic rings. The maximum atomic E-state index is 5.67. The van der Waals surface area contributed by atoms with Crippen molar-refractivity contribution in [2.24, 2.45) is 0 Å². The SMILES string of the molecule is Cc1oc(-c2ccco2)nc1CN[C@H]1CCc2ncnn2C1. The summed E-state index contributed by atoms with van der Waals surface area (Å²) in [6.45, 7) is 3.44. The highest BCUT2D eigenvalue weighted by molar-refractivity contribution is 5.44. The van der Waals surface area contributed by atoms with Gasteiger partial charge in [-0.2, -0.15) is 5.10 Å². The molecule has 3 aromatic heterocycles. The zero-order chi connectivity index (χ0) is 14.9. The van der Waals surface area contributed by atoms with Crippen LogP contribution < -0.4 is 5.32 Å². The fourth-order valence-electron chi connectivity index (χ4n) is 2.74. The number of fused-ring (bicyclic) bond motifs is 1. The Morgan fingerprint density at radius 3 is 3.27 bits per heavy atom. The van der Waals surface area contributed by atoms with E-state index < -0.39 is 0 Å². The van der Waals surface area contributed by atoms with Crippen LogP contribution in [0.15, 0.2) is 33.6 Å². The Labute approximate surface area is 127 Å². The first-order chi connectivity index (χ1) is 10.8. The molecule has 0 bridgehead atoms. The van der Waals surface area contributed by atoms with Gasteiger partial charge in [0, 0.05) is 19.0 Å². The molecule has 0 fully saturated rings. The number of hydrogen-bond acceptors (Lipinski definition) is 6. The molecule has 0 saturated heterocycles. The van der Waals surface area contributed by atoms with E-state index >= 15 is 0 Å². The normalized spacial score (nSPS) is 17.6. The fraction of sp³-hybridized carbons (Fsp3) is 0.400. The van der Waals surface area contributed by atoms with Crippen molar-refractivity contribution in [2.45, 2.75) is 38.9 Å². The molecule has 0 saturated carbocycles. The van der Waals surface area contributed by atoms with Crippen LogP contribution >= 0.6 is 0 Å². The zero-order valence-electron chi connectivity index (χ0n) is 12.3. The quantitative estimate of drug-likeness (QED) is 0.793. The minimum Gasteiger partial charge on any atom is -0.459 e. The van der Waals surface area contributed by atoms with Gasteiger partial charge in [0.1, 0.15) is 17.9 Å². The molecule has 0 aromatic carbocycles. The lowest BCUT2D eigenvalue weighted by molar-refractivity contribution is 0.356. The molecule has 0 spiro atoms. The predicted molar refractivity (Wildman–Crippen MR) is 77.9 cm³/mol. The van der Waals surface area contributed by atoms with Crippen LogP contribution in [0.3, 0.4) is 0 Å². The Morgan fingerprint density at radius 2 is 2.41 bits per heavy atom. The van der Waals surface area contributed by atoms with Crippen molar-refractivity contribution in [3.05, 3.63) is 42.0 Å². The molecule has 7 heteroatoms. The Morgan fingerprint density at radius 1 is 1.45 bits per heavy atom. The first kappa shape index (κ1) is 13.3. The molecule has 4 heterocycles. The van der Waals surface area contributed by atoms with Gasteiger partial charge in [0.2, 0.25) is 0 Å². The van der Waals surface area contributed by atoms with Crippen molar-refractivity contribution in [1.29, 1.82) is 0 Å². The summed E-state index contributed by atoms with van der Waals surface area (Å²) in [7, 11) is 0. The summed E-state index contributed by atoms with van der Waals surface area (Å²) in [4.78, 5) is 8.76. The third-order valence-electron chi connectivity index (χ3n) is 3.99. The molecule has 0 aliphatic carbocycles. The summed E-state index contributed by atoms with van der Waals surface area (Å²) in [5.74, 6) is 3.06. The van der Waals surface area contributed by atoms with E-state index in [-0.39, 0.29) is 0 Å². The average molecular weight is 299 g/mol. The molecule has 3 aromatic rings. The van der Waals surface area contributed by atoms with E-state index in [1.165, 1.54) is 0 Å². The summed E-state index contributed by atoms with van der Waals surface area (Å²) >= 11 is 0. The number of nitrogens with one attached hydrogen (secondary N) is 1. The molecule has 0 amide bonds. The minimum atomic E-state index is 0.373. The van der Waals surface area contributed by atoms with E-state index in [1.807, 2.05) is 23.7 Å². The molecule has 114 valence electrons. The average Bonchev–Trinajstić information content (AvgIpc) is 3.25. The van der Waals surface area contributed by atoms with Crippen molar-refractivity contribution in [3.63, 3.8) is 0 Å². The van der Waals surface area contributed by atoms with Gasteiger partial charge in [0.25, 0.3) is 5.89 Å². The van der Waals surface area contributed by atoms with E-state index in [0.717, 1.165) is 36.7 Å². The number of nitrogens with zero attached hydrogens (tertiary/aromatic N) is 4. The third kappa shape index (κ3) is 2.43. The van der Waals surface area contributed by atoms with E-state index in [9.17, 15) is 0 Å². The summed E-state index contributed by atoms with van der Waals surface area (Å²) < 4.78 is 13.0. The molecule has 7 nitrogen and oxygen atoms in total. The molecule has 1 atom stereocenters. The molecule has 22 heavy (non-hydrogen) atoms. The van der Waals surface area contributed by atoms with Crippen LogP contribution in [0.1, 0.15) is 23.7 Å². The van der Waals surface area contributed by atoms with Crippen molar-refractivity contribution in [2.75, 3.05) is 0 Å². The minimum absolute atomic E-state index is 0.373. The maximum Gasteiger partial charge on any atom is 0.263 e. The highest BCUT2D eigenvalue weighted by atomic mass is 16.4. The van der Waals surface area contributed by atoms with E-state index in [1.54, 1.807) is 12.6 Å². The molecule has 1 aliphatic heterocycles. The van der Waals surface area contributed by atoms with Crippen LogP contribution in [-0.2, 0) is 19.5 Å². The van der Waals surface area contributed by atoms with Gasteiger partial charge < -0.3 is 14.2 Å². The number of aryl methyl sites for hydroxylation is 2. The van der Waals surface area contributed by atoms with E-state index in [4.69, 9.17) is 8.83 Å². The molecule has 1 N–H and O–H groups in total. The van der Waals surface area contributed by atoms with Gasteiger partial charge >= 0.3 is 0 Å². The largest absolute Gasteiger partial charge is 0.459 e. The van der Waals surface area contributed by atoms with Gasteiger partial charge in [-0.25, -0.2) is 14.6 Å². The third-order valence-corrected chi connectivity index (χ3v) is 3.99. The number of rotatable bonds is 4. The van der Waals surface area contributed by atoms with Crippen LogP contribution in [0.4, 0.5) is 0 Å². The molecular formula is C15H17N5O2. The Balaban J connectivity index is 1.42. The standard InChI is InChI=1S/C15H17N5O2/c1-10-12(19-15(22-10)13-3-2-6-21-13)7-16-11-4-5-14-17-9-18-20(14)8-11/h2-3,6,9,11,16H,4-5,7-8H2,1H3/t11-/m0/s1. The zero-order valence-corrected chi connectivity index (χ0v) is 12.3. The van der Waals surface area contributed by atoms with Gasteiger partial charge in [0.05, 0.1) is 18.5 Å². The first-order valence-corrected chi connectivity index (χ1v) is 7.40. The number of oxazole rings is 1. The van der Waals surface area contributed by atoms with Crippen LogP contribution in [0.25, 0.3) is 11.7 Å². The Bertz CT molecular complexity index is 759. The van der Waals surface area contributed by atoms with Crippen LogP contribution in [0.2, 0.25) is 0 Å². The summed E-state index contributed by atoms with van der Waals surface area (Å²) in [6, 6.07) is 4.04. The van der Waals surface area contributed by atoms with Crippen LogP contribution in [0.5, 0.6) is 0 Å². The lowest BCUT2D eigenvalue weighted by atomic mass is 10.1. The van der Waals surface area contributed by atoms with E-state index in [0.29, 0.717) is 24.2 Å². The van der Waals surface area contributed by atoms with E-state index in [2.05, 4.69) is 20.4 Å². The number of aromatic nitrogens is 4. The van der Waals surface area contributed by atoms with Crippen molar-refractivity contribution in [3.8, 4) is 11.7 Å². The second kappa shape index (κ2) is 5.42. The molecular weight excluding hydrogens is 282 g/mol. The smallest absolute Gasteiger partial charge is 0.263 e. The fourth-order valence-corrected chi connectivity index (χ4v) is 2.74. The number of hydrogen-bond donors (Lipinski definition) is 1. The molecule has 4 rings (SSSR count). The van der Waals surface area contributed by atoms with Gasteiger partial charge in [-0.15, -0.1) is 0 Å². The van der Waals surface area contributed by atoms with Crippen LogP contribution in [0, 0.1) is 6.92 Å². The van der Waals surface area contributed by atoms with Crippen molar-refractivity contribution < 1.29 is 8.83 Å². The summed E-state index contributed by atoms with van der Waals surface area (Å²) in [6.07, 6.45) is 5.24. The van der Waals surface area contributed by atoms with Gasteiger partial charge in [-0.3, -0.25) is 0 Å². The van der Waals surface area contributed by atoms with Crippen molar-refractivity contribution >= 4 is 0 Å². The predicted octanol–water partition coefficient (Wildman–Crippen LogP) is 1.94. The number of furan rings is 1. The topological polar surface area (TPSA) is 81.9 Å². The second-order valence-electron chi connectivity index (χ2n) is 5.47. The highest BCUT2D eigenvalue weighted by Crippen LogP contribution is 2.22. The monoisotopic (exact) mass is 299 g/mol. The second-order valence-corrected chi connectivity index (χ2v) is 5.47. The Hall–Kier alpha value is -2.41. The van der Waals surface area contributed by atoms with Gasteiger partial charge in [0.15, 0.2) is 5.76 Å². The lowest BCUT2D eigenvalue weighted by Crippen LogP contribution is -2.37. The van der Waals surface area contributed by atoms with Crippen molar-refractivity contribution in [1.82, 2.24) is 25.1 Å². The highest BCUT2D eigenvalue weighted by Gasteiger charge is 2.20. The summed E-state index contributed by atoms with van der Waals surface area (Å²) in [5.41, 5.74) is 0.913.